The lowest BCUT2D eigenvalue weighted by atomic mass is 10.0. The summed E-state index contributed by atoms with van der Waals surface area (Å²) in [5.74, 6) is -4.02. The lowest BCUT2D eigenvalue weighted by Crippen LogP contribution is -2.30. The second-order valence-corrected chi connectivity index (χ2v) is 11.5. The minimum absolute atomic E-state index is 0.0877. The van der Waals surface area contributed by atoms with Gasteiger partial charge in [0.1, 0.15) is 19.0 Å². The Hall–Kier alpha value is -6.41. The van der Waals surface area contributed by atoms with E-state index in [1.54, 1.807) is 95.6 Å². The highest BCUT2D eigenvalue weighted by Gasteiger charge is 2.39. The second-order valence-electron chi connectivity index (χ2n) is 11.5. The maximum atomic E-state index is 14.1. The van der Waals surface area contributed by atoms with Gasteiger partial charge in [0.2, 0.25) is 5.78 Å². The van der Waals surface area contributed by atoms with Crippen LogP contribution in [0.5, 0.6) is 5.75 Å². The van der Waals surface area contributed by atoms with Crippen LogP contribution < -0.4 is 26.4 Å². The number of carbonyl (C=O) groups is 4. The van der Waals surface area contributed by atoms with Gasteiger partial charge in [0.15, 0.2) is 0 Å². The van der Waals surface area contributed by atoms with E-state index in [0.717, 1.165) is 12.1 Å². The number of hydrogen-bond acceptors (Lipinski definition) is 8. The van der Waals surface area contributed by atoms with Crippen molar-refractivity contribution in [3.63, 3.8) is 0 Å². The molecule has 0 spiro atoms. The molecule has 14 heteroatoms. The number of benzene rings is 3. The van der Waals surface area contributed by atoms with Crippen LogP contribution in [-0.2, 0) is 16.1 Å². The molecule has 0 bridgehead atoms. The monoisotopic (exact) mass is 713 g/mol. The van der Waals surface area contributed by atoms with Gasteiger partial charge in [0.05, 0.1) is 28.1 Å². The standard InChI is InChI=1S/C38H34F3N5O6/c1-23(21-42)43-16-18-51-28-12-8-11-27(19-28)35(48)45-32-24(2)33(46-17-7-6-13-31(32)46)34(47)26-14-15-30(44-37(50)38(39,40)41)29(20-26)36(49)52-22-25-9-4-3-5-10-25/h3-15,17,19-20,43H,1,16,18,21-22,42H2,2H3,(H,44,50)(H,45,48). The summed E-state index contributed by atoms with van der Waals surface area (Å²) in [6.07, 6.45) is -3.63. The molecule has 268 valence electrons. The summed E-state index contributed by atoms with van der Waals surface area (Å²) in [7, 11) is 0. The predicted octanol–water partition coefficient (Wildman–Crippen LogP) is 6.03. The van der Waals surface area contributed by atoms with E-state index in [2.05, 4.69) is 17.2 Å². The number of fused-ring (bicyclic) bond motifs is 1. The van der Waals surface area contributed by atoms with Gasteiger partial charge in [0.25, 0.3) is 5.91 Å². The maximum Gasteiger partial charge on any atom is 0.471 e. The van der Waals surface area contributed by atoms with Crippen molar-refractivity contribution < 1.29 is 41.8 Å². The molecule has 0 saturated carbocycles. The lowest BCUT2D eigenvalue weighted by Gasteiger charge is -2.14. The van der Waals surface area contributed by atoms with Crippen LogP contribution in [0.4, 0.5) is 24.5 Å². The smallest absolute Gasteiger partial charge is 0.471 e. The summed E-state index contributed by atoms with van der Waals surface area (Å²) in [6, 6.07) is 23.5. The van der Waals surface area contributed by atoms with Crippen LogP contribution in [0.3, 0.4) is 0 Å². The number of alkyl halides is 3. The van der Waals surface area contributed by atoms with Gasteiger partial charge in [-0.3, -0.25) is 14.4 Å². The van der Waals surface area contributed by atoms with Crippen molar-refractivity contribution in [2.45, 2.75) is 19.7 Å². The molecule has 5 rings (SSSR count). The van der Waals surface area contributed by atoms with Gasteiger partial charge in [-0.15, -0.1) is 0 Å². The number of aromatic nitrogens is 1. The molecule has 52 heavy (non-hydrogen) atoms. The number of pyridine rings is 1. The van der Waals surface area contributed by atoms with Crippen molar-refractivity contribution in [1.29, 1.82) is 0 Å². The lowest BCUT2D eigenvalue weighted by molar-refractivity contribution is -0.167. The zero-order valence-corrected chi connectivity index (χ0v) is 27.9. The molecule has 0 aliphatic carbocycles. The van der Waals surface area contributed by atoms with Gasteiger partial charge < -0.3 is 35.6 Å². The Bertz CT molecular complexity index is 2150. The third-order valence-electron chi connectivity index (χ3n) is 7.85. The summed E-state index contributed by atoms with van der Waals surface area (Å²) in [6.45, 7) is 6.22. The third kappa shape index (κ3) is 8.65. The highest BCUT2D eigenvalue weighted by atomic mass is 19.4. The van der Waals surface area contributed by atoms with E-state index < -0.39 is 41.0 Å². The van der Waals surface area contributed by atoms with Crippen LogP contribution in [0.15, 0.2) is 109 Å². The summed E-state index contributed by atoms with van der Waals surface area (Å²) >= 11 is 0. The van der Waals surface area contributed by atoms with Gasteiger partial charge in [0, 0.05) is 41.7 Å². The molecular formula is C38H34F3N5O6. The quantitative estimate of drug-likeness (QED) is 0.0619. The molecule has 5 N–H and O–H groups in total. The molecule has 3 aromatic carbocycles. The van der Waals surface area contributed by atoms with Crippen molar-refractivity contribution in [1.82, 2.24) is 9.72 Å². The molecule has 0 saturated heterocycles. The van der Waals surface area contributed by atoms with E-state index in [4.69, 9.17) is 15.2 Å². The van der Waals surface area contributed by atoms with Gasteiger partial charge in [-0.2, -0.15) is 13.2 Å². The first kappa shape index (κ1) is 36.9. The Kier molecular flexibility index (Phi) is 11.4. The molecular weight excluding hydrogens is 679 g/mol. The van der Waals surface area contributed by atoms with Crippen molar-refractivity contribution >= 4 is 40.5 Å². The molecule has 11 nitrogen and oxygen atoms in total. The van der Waals surface area contributed by atoms with E-state index in [-0.39, 0.29) is 23.4 Å². The average molecular weight is 714 g/mol. The number of nitrogens with one attached hydrogen (secondary N) is 3. The molecule has 2 amide bonds. The van der Waals surface area contributed by atoms with Crippen molar-refractivity contribution in [2.75, 3.05) is 30.3 Å². The van der Waals surface area contributed by atoms with Gasteiger partial charge in [-0.25, -0.2) is 4.79 Å². The van der Waals surface area contributed by atoms with Gasteiger partial charge in [-0.1, -0.05) is 49.0 Å². The fourth-order valence-electron chi connectivity index (χ4n) is 5.25. The van der Waals surface area contributed by atoms with Crippen LogP contribution in [-0.4, -0.2) is 53.8 Å². The average Bonchev–Trinajstić information content (AvgIpc) is 3.42. The van der Waals surface area contributed by atoms with Crippen LogP contribution in [0.1, 0.15) is 47.9 Å². The number of rotatable bonds is 14. The van der Waals surface area contributed by atoms with E-state index >= 15 is 0 Å². The summed E-state index contributed by atoms with van der Waals surface area (Å²) in [4.78, 5) is 52.7. The topological polar surface area (TPSA) is 153 Å². The minimum Gasteiger partial charge on any atom is -0.492 e. The second kappa shape index (κ2) is 16.1. The van der Waals surface area contributed by atoms with Crippen LogP contribution in [0, 0.1) is 6.92 Å². The number of ketones is 1. The first-order chi connectivity index (χ1) is 24.9. The SMILES string of the molecule is C=C(CN)NCCOc1cccc(C(=O)Nc2c(C)c(C(=O)c3ccc(NC(=O)C(F)(F)F)c(C(=O)OCc4ccccc4)c3)n3ccccc23)c1. The third-order valence-corrected chi connectivity index (χ3v) is 7.85. The number of amides is 2. The highest BCUT2D eigenvalue weighted by Crippen LogP contribution is 2.32. The van der Waals surface area contributed by atoms with Crippen LogP contribution in [0.25, 0.3) is 5.52 Å². The Balaban J connectivity index is 1.43. The Morgan fingerprint density at radius 3 is 2.37 bits per heavy atom. The van der Waals surface area contributed by atoms with Gasteiger partial charge in [-0.05, 0) is 61.0 Å². The summed E-state index contributed by atoms with van der Waals surface area (Å²) < 4.78 is 52.1. The van der Waals surface area contributed by atoms with Gasteiger partial charge >= 0.3 is 18.1 Å². The first-order valence-corrected chi connectivity index (χ1v) is 15.9. The number of hydrogen-bond donors (Lipinski definition) is 4. The normalized spacial score (nSPS) is 11.1. The van der Waals surface area contributed by atoms with E-state index in [0.29, 0.717) is 53.5 Å². The molecule has 0 fully saturated rings. The first-order valence-electron chi connectivity index (χ1n) is 15.9. The van der Waals surface area contributed by atoms with Crippen LogP contribution >= 0.6 is 0 Å². The van der Waals surface area contributed by atoms with E-state index in [1.807, 2.05) is 0 Å². The number of nitrogens with zero attached hydrogens (tertiary/aromatic N) is 1. The van der Waals surface area contributed by atoms with E-state index in [1.165, 1.54) is 6.07 Å². The van der Waals surface area contributed by atoms with Crippen molar-refractivity contribution in [2.24, 2.45) is 5.73 Å². The van der Waals surface area contributed by atoms with E-state index in [9.17, 15) is 32.3 Å². The molecule has 0 radical (unpaired) electrons. The fourth-order valence-corrected chi connectivity index (χ4v) is 5.25. The molecule has 0 atom stereocenters. The Labute approximate surface area is 296 Å². The highest BCUT2D eigenvalue weighted by molar-refractivity contribution is 6.15. The number of ether oxygens (including phenoxy) is 2. The minimum atomic E-state index is -5.24. The Morgan fingerprint density at radius 1 is 0.885 bits per heavy atom. The zero-order chi connectivity index (χ0) is 37.4. The van der Waals surface area contributed by atoms with Crippen molar-refractivity contribution in [3.05, 3.63) is 143 Å². The molecule has 2 heterocycles. The number of anilines is 2. The predicted molar refractivity (Wildman–Crippen MR) is 188 cm³/mol. The molecule has 2 aromatic heterocycles. The molecule has 0 aliphatic heterocycles. The largest absolute Gasteiger partial charge is 0.492 e. The number of carbonyl (C=O) groups excluding carboxylic acids is 4. The zero-order valence-electron chi connectivity index (χ0n) is 27.9. The molecule has 0 aliphatic rings. The fraction of sp³-hybridized carbons (Fsp3) is 0.158. The number of nitrogens with two attached hydrogens (primary N) is 1. The molecule has 5 aromatic rings. The Morgan fingerprint density at radius 2 is 1.63 bits per heavy atom. The summed E-state index contributed by atoms with van der Waals surface area (Å²) in [5.41, 5.74) is 7.34. The van der Waals surface area contributed by atoms with Crippen molar-refractivity contribution in [3.8, 4) is 5.75 Å². The summed E-state index contributed by atoms with van der Waals surface area (Å²) in [5, 5.41) is 7.60. The number of halogens is 3. The number of esters is 1. The van der Waals surface area contributed by atoms with Crippen LogP contribution in [0.2, 0.25) is 0 Å². The molecule has 0 unspecified atom stereocenters. The maximum absolute atomic E-state index is 14.1.